The van der Waals surface area contributed by atoms with Crippen LogP contribution in [0.5, 0.6) is 0 Å². The van der Waals surface area contributed by atoms with E-state index < -0.39 is 27.5 Å². The van der Waals surface area contributed by atoms with Crippen LogP contribution >= 0.6 is 0 Å². The fraction of sp³-hybridized carbons (Fsp3) is 0.526. The molecule has 0 atom stereocenters. The normalized spacial score (nSPS) is 12.8. The van der Waals surface area contributed by atoms with Gasteiger partial charge in [-0.25, -0.2) is 18.1 Å². The standard InChI is InChI=1S/C19H25F3N6O2S/c1-12(2)9-26-31(29,30)13-6-7-15(24-10-13)28-17(25-11-18(3,4)5)14(8-23)16(27-28)19(20,21)22/h6-7,10,12,25-26H,9,11H2,1-5H3. The van der Waals surface area contributed by atoms with Crippen molar-refractivity contribution in [3.63, 3.8) is 0 Å². The van der Waals surface area contributed by atoms with Crippen LogP contribution in [0.1, 0.15) is 45.9 Å². The Kier molecular flexibility index (Phi) is 7.02. The number of hydrogen-bond acceptors (Lipinski definition) is 6. The van der Waals surface area contributed by atoms with Gasteiger partial charge in [0.25, 0.3) is 0 Å². The lowest BCUT2D eigenvalue weighted by Gasteiger charge is -2.20. The first-order chi connectivity index (χ1) is 14.2. The Balaban J connectivity index is 2.52. The maximum absolute atomic E-state index is 13.4. The van der Waals surface area contributed by atoms with Crippen molar-refractivity contribution in [3.05, 3.63) is 29.6 Å². The van der Waals surface area contributed by atoms with Gasteiger partial charge in [-0.05, 0) is 23.5 Å². The number of hydrogen-bond donors (Lipinski definition) is 2. The average molecular weight is 459 g/mol. The zero-order valence-corrected chi connectivity index (χ0v) is 18.7. The predicted octanol–water partition coefficient (Wildman–Crippen LogP) is 3.55. The van der Waals surface area contributed by atoms with Gasteiger partial charge in [0.1, 0.15) is 22.3 Å². The molecule has 12 heteroatoms. The number of rotatable bonds is 7. The Bertz CT molecular complexity index is 1060. The summed E-state index contributed by atoms with van der Waals surface area (Å²) >= 11 is 0. The Morgan fingerprint density at radius 3 is 2.32 bits per heavy atom. The van der Waals surface area contributed by atoms with E-state index in [1.807, 2.05) is 34.6 Å². The number of aromatic nitrogens is 3. The van der Waals surface area contributed by atoms with Crippen molar-refractivity contribution >= 4 is 15.8 Å². The molecule has 0 aliphatic rings. The van der Waals surface area contributed by atoms with E-state index in [1.165, 1.54) is 12.1 Å². The van der Waals surface area contributed by atoms with E-state index in [1.54, 1.807) is 6.07 Å². The minimum Gasteiger partial charge on any atom is -0.368 e. The molecule has 0 aromatic carbocycles. The minimum absolute atomic E-state index is 0.0637. The number of nitrogens with zero attached hydrogens (tertiary/aromatic N) is 4. The minimum atomic E-state index is -4.85. The predicted molar refractivity (Wildman–Crippen MR) is 109 cm³/mol. The van der Waals surface area contributed by atoms with E-state index in [-0.39, 0.29) is 41.0 Å². The van der Waals surface area contributed by atoms with Gasteiger partial charge in [0.05, 0.1) is 0 Å². The highest BCUT2D eigenvalue weighted by Gasteiger charge is 2.40. The number of pyridine rings is 1. The summed E-state index contributed by atoms with van der Waals surface area (Å²) in [5.41, 5.74) is -2.30. The first-order valence-corrected chi connectivity index (χ1v) is 10.9. The molecule has 2 heterocycles. The van der Waals surface area contributed by atoms with Crippen LogP contribution in [-0.4, -0.2) is 36.3 Å². The first kappa shape index (κ1) is 24.6. The van der Waals surface area contributed by atoms with Gasteiger partial charge in [0.2, 0.25) is 10.0 Å². The number of sulfonamides is 1. The molecule has 0 aliphatic heterocycles. The van der Waals surface area contributed by atoms with Crippen molar-refractivity contribution in [1.82, 2.24) is 19.5 Å². The summed E-state index contributed by atoms with van der Waals surface area (Å²) in [5, 5.41) is 15.8. The highest BCUT2D eigenvalue weighted by atomic mass is 32.2. The second kappa shape index (κ2) is 8.84. The molecule has 31 heavy (non-hydrogen) atoms. The third kappa shape index (κ3) is 6.18. The second-order valence-electron chi connectivity index (χ2n) is 8.61. The van der Waals surface area contributed by atoms with Crippen LogP contribution in [0.25, 0.3) is 5.82 Å². The van der Waals surface area contributed by atoms with Gasteiger partial charge in [-0.3, -0.25) is 0 Å². The summed E-state index contributed by atoms with van der Waals surface area (Å²) in [7, 11) is -3.81. The van der Waals surface area contributed by atoms with Gasteiger partial charge in [-0.1, -0.05) is 34.6 Å². The molecule has 170 valence electrons. The third-order valence-electron chi connectivity index (χ3n) is 3.98. The molecule has 2 aromatic rings. The number of halogens is 3. The molecule has 0 fully saturated rings. The Morgan fingerprint density at radius 1 is 1.23 bits per heavy atom. The van der Waals surface area contributed by atoms with Gasteiger partial charge >= 0.3 is 6.18 Å². The van der Waals surface area contributed by atoms with E-state index in [9.17, 15) is 26.9 Å². The van der Waals surface area contributed by atoms with Crippen molar-refractivity contribution in [3.8, 4) is 11.9 Å². The molecule has 0 spiro atoms. The Morgan fingerprint density at radius 2 is 1.87 bits per heavy atom. The fourth-order valence-corrected chi connectivity index (χ4v) is 3.57. The van der Waals surface area contributed by atoms with E-state index >= 15 is 0 Å². The number of alkyl halides is 3. The molecule has 0 amide bonds. The lowest BCUT2D eigenvalue weighted by Crippen LogP contribution is -2.27. The molecular weight excluding hydrogens is 433 g/mol. The molecular formula is C19H25F3N6O2S. The number of anilines is 1. The lowest BCUT2D eigenvalue weighted by atomic mass is 9.97. The summed E-state index contributed by atoms with van der Waals surface area (Å²) < 4.78 is 68.2. The van der Waals surface area contributed by atoms with Crippen molar-refractivity contribution in [2.75, 3.05) is 18.4 Å². The van der Waals surface area contributed by atoms with Crippen molar-refractivity contribution < 1.29 is 21.6 Å². The Hall–Kier alpha value is -2.65. The van der Waals surface area contributed by atoms with Crippen LogP contribution in [0.2, 0.25) is 0 Å². The smallest absolute Gasteiger partial charge is 0.368 e. The van der Waals surface area contributed by atoms with Gasteiger partial charge < -0.3 is 5.32 Å². The average Bonchev–Trinajstić information content (AvgIpc) is 3.03. The van der Waals surface area contributed by atoms with Crippen LogP contribution in [0, 0.1) is 22.7 Å². The summed E-state index contributed by atoms with van der Waals surface area (Å²) in [5.74, 6) is -0.135. The SMILES string of the molecule is CC(C)CNS(=O)(=O)c1ccc(-n2nc(C(F)(F)F)c(C#N)c2NCC(C)(C)C)nc1. The molecule has 0 saturated carbocycles. The molecule has 0 aliphatic carbocycles. The van der Waals surface area contributed by atoms with Crippen molar-refractivity contribution in [2.45, 2.75) is 45.7 Å². The fourth-order valence-electron chi connectivity index (χ4n) is 2.42. The zero-order valence-electron chi connectivity index (χ0n) is 17.9. The Labute approximate surface area is 179 Å². The highest BCUT2D eigenvalue weighted by molar-refractivity contribution is 7.89. The monoisotopic (exact) mass is 458 g/mol. The molecule has 2 N–H and O–H groups in total. The maximum Gasteiger partial charge on any atom is 0.436 e. The zero-order chi connectivity index (χ0) is 23.6. The van der Waals surface area contributed by atoms with Gasteiger partial charge in [-0.15, -0.1) is 0 Å². The van der Waals surface area contributed by atoms with Crippen LogP contribution in [0.15, 0.2) is 23.2 Å². The van der Waals surface area contributed by atoms with E-state index in [4.69, 9.17) is 0 Å². The van der Waals surface area contributed by atoms with Crippen LogP contribution in [0.3, 0.4) is 0 Å². The molecule has 2 rings (SSSR count). The summed E-state index contributed by atoms with van der Waals surface area (Å²) in [6.07, 6.45) is -3.81. The van der Waals surface area contributed by atoms with Crippen LogP contribution < -0.4 is 10.0 Å². The van der Waals surface area contributed by atoms with Crippen LogP contribution in [0.4, 0.5) is 19.0 Å². The lowest BCUT2D eigenvalue weighted by molar-refractivity contribution is -0.141. The van der Waals surface area contributed by atoms with Crippen LogP contribution in [-0.2, 0) is 16.2 Å². The molecule has 8 nitrogen and oxygen atoms in total. The molecule has 0 saturated heterocycles. The summed E-state index contributed by atoms with van der Waals surface area (Å²) in [4.78, 5) is 3.85. The maximum atomic E-state index is 13.4. The largest absolute Gasteiger partial charge is 0.436 e. The van der Waals surface area contributed by atoms with E-state index in [0.717, 1.165) is 10.9 Å². The number of nitrogens with one attached hydrogen (secondary N) is 2. The number of nitriles is 1. The molecule has 0 radical (unpaired) electrons. The van der Waals surface area contributed by atoms with E-state index in [0.29, 0.717) is 0 Å². The van der Waals surface area contributed by atoms with Gasteiger partial charge in [0, 0.05) is 19.3 Å². The van der Waals surface area contributed by atoms with E-state index in [2.05, 4.69) is 20.1 Å². The topological polar surface area (TPSA) is 113 Å². The van der Waals surface area contributed by atoms with Gasteiger partial charge in [0.15, 0.2) is 11.5 Å². The first-order valence-electron chi connectivity index (χ1n) is 9.46. The summed E-state index contributed by atoms with van der Waals surface area (Å²) in [6.45, 7) is 9.80. The van der Waals surface area contributed by atoms with Crippen molar-refractivity contribution in [2.24, 2.45) is 11.3 Å². The molecule has 0 unspecified atom stereocenters. The van der Waals surface area contributed by atoms with Crippen molar-refractivity contribution in [1.29, 1.82) is 5.26 Å². The quantitative estimate of drug-likeness (QED) is 0.656. The summed E-state index contributed by atoms with van der Waals surface area (Å²) in [6, 6.07) is 4.02. The van der Waals surface area contributed by atoms with Gasteiger partial charge in [-0.2, -0.15) is 28.2 Å². The molecule has 0 bridgehead atoms. The second-order valence-corrected chi connectivity index (χ2v) is 10.4. The third-order valence-corrected chi connectivity index (χ3v) is 5.39. The molecule has 2 aromatic heterocycles. The highest BCUT2D eigenvalue weighted by Crippen LogP contribution is 2.35.